The molecule has 0 saturated carbocycles. The minimum Gasteiger partial charge on any atom is -0.465 e. The molecule has 0 atom stereocenters. The number of benzene rings is 2. The predicted octanol–water partition coefficient (Wildman–Crippen LogP) is 3.11. The molecule has 134 valence electrons. The first-order valence-electron chi connectivity index (χ1n) is 7.41. The number of nitrogens with zero attached hydrogens (tertiary/aromatic N) is 2. The van der Waals surface area contributed by atoms with Crippen molar-refractivity contribution >= 4 is 33.3 Å². The standard InChI is InChI=1S/C17H14ClN3O4S/c1-25-17(22)12-6-8-14(9-7-12)26(23,24)20-13-10-19-21(11-13)16-5-3-2-4-15(16)18/h2-11,20H,1H3. The Hall–Kier alpha value is -2.84. The highest BCUT2D eigenvalue weighted by Gasteiger charge is 2.16. The number of hydrogen-bond acceptors (Lipinski definition) is 5. The molecule has 1 aromatic heterocycles. The van der Waals surface area contributed by atoms with Gasteiger partial charge in [0.05, 0.1) is 46.4 Å². The van der Waals surface area contributed by atoms with Gasteiger partial charge in [0.25, 0.3) is 10.0 Å². The second-order valence-electron chi connectivity index (χ2n) is 5.25. The van der Waals surface area contributed by atoms with E-state index >= 15 is 0 Å². The second-order valence-corrected chi connectivity index (χ2v) is 7.34. The lowest BCUT2D eigenvalue weighted by Gasteiger charge is -2.07. The van der Waals surface area contributed by atoms with Gasteiger partial charge in [0, 0.05) is 0 Å². The zero-order valence-electron chi connectivity index (χ0n) is 13.6. The van der Waals surface area contributed by atoms with Gasteiger partial charge in [-0.2, -0.15) is 5.10 Å². The predicted molar refractivity (Wildman–Crippen MR) is 97.2 cm³/mol. The first-order chi connectivity index (χ1) is 12.4. The van der Waals surface area contributed by atoms with Crippen LogP contribution >= 0.6 is 11.6 Å². The zero-order chi connectivity index (χ0) is 18.7. The second kappa shape index (κ2) is 7.19. The molecule has 1 heterocycles. The highest BCUT2D eigenvalue weighted by Crippen LogP contribution is 2.22. The first kappa shape index (κ1) is 18.0. The molecule has 0 aliphatic heterocycles. The molecule has 0 aliphatic carbocycles. The number of methoxy groups -OCH3 is 1. The molecule has 2 aromatic carbocycles. The molecule has 9 heteroatoms. The number of esters is 1. The number of ether oxygens (including phenoxy) is 1. The fourth-order valence-electron chi connectivity index (χ4n) is 2.25. The smallest absolute Gasteiger partial charge is 0.337 e. The van der Waals surface area contributed by atoms with Crippen LogP contribution < -0.4 is 4.72 Å². The normalized spacial score (nSPS) is 11.2. The van der Waals surface area contributed by atoms with Crippen molar-refractivity contribution < 1.29 is 17.9 Å². The molecule has 0 unspecified atom stereocenters. The van der Waals surface area contributed by atoms with Gasteiger partial charge in [0.15, 0.2) is 0 Å². The van der Waals surface area contributed by atoms with Crippen LogP contribution in [0.3, 0.4) is 0 Å². The number of anilines is 1. The summed E-state index contributed by atoms with van der Waals surface area (Å²) >= 11 is 6.11. The molecule has 26 heavy (non-hydrogen) atoms. The number of carbonyl (C=O) groups excluding carboxylic acids is 1. The van der Waals surface area contributed by atoms with Crippen LogP contribution in [0.1, 0.15) is 10.4 Å². The van der Waals surface area contributed by atoms with Crippen LogP contribution in [0.25, 0.3) is 5.69 Å². The molecule has 0 bridgehead atoms. The molecule has 1 N–H and O–H groups in total. The average molecular weight is 392 g/mol. The fraction of sp³-hybridized carbons (Fsp3) is 0.0588. The summed E-state index contributed by atoms with van der Waals surface area (Å²) in [5, 5.41) is 4.61. The van der Waals surface area contributed by atoms with E-state index in [2.05, 4.69) is 14.6 Å². The van der Waals surface area contributed by atoms with E-state index in [0.717, 1.165) is 0 Å². The van der Waals surface area contributed by atoms with Crippen LogP contribution in [0.4, 0.5) is 5.69 Å². The van der Waals surface area contributed by atoms with Gasteiger partial charge in [0.1, 0.15) is 0 Å². The van der Waals surface area contributed by atoms with Gasteiger partial charge >= 0.3 is 5.97 Å². The van der Waals surface area contributed by atoms with Crippen LogP contribution in [0.5, 0.6) is 0 Å². The molecule has 0 spiro atoms. The summed E-state index contributed by atoms with van der Waals surface area (Å²) in [6, 6.07) is 12.5. The van der Waals surface area contributed by atoms with Crippen LogP contribution in [0, 0.1) is 0 Å². The van der Waals surface area contributed by atoms with Crippen LogP contribution in [-0.4, -0.2) is 31.3 Å². The Morgan fingerprint density at radius 3 is 2.50 bits per heavy atom. The Kier molecular flexibility index (Phi) is 4.97. The lowest BCUT2D eigenvalue weighted by atomic mass is 10.2. The number of sulfonamides is 1. The van der Waals surface area contributed by atoms with Crippen molar-refractivity contribution in [3.05, 3.63) is 71.5 Å². The lowest BCUT2D eigenvalue weighted by Crippen LogP contribution is -2.13. The summed E-state index contributed by atoms with van der Waals surface area (Å²) in [7, 11) is -2.57. The number of rotatable bonds is 5. The van der Waals surface area contributed by atoms with Gasteiger partial charge in [-0.05, 0) is 36.4 Å². The number of hydrogen-bond donors (Lipinski definition) is 1. The van der Waals surface area contributed by atoms with Gasteiger partial charge < -0.3 is 4.74 Å². The van der Waals surface area contributed by atoms with Crippen LogP contribution in [-0.2, 0) is 14.8 Å². The molecule has 7 nitrogen and oxygen atoms in total. The van der Waals surface area contributed by atoms with Gasteiger partial charge in [0.2, 0.25) is 0 Å². The van der Waals surface area contributed by atoms with Crippen molar-refractivity contribution in [1.82, 2.24) is 9.78 Å². The molecule has 3 aromatic rings. The third-order valence-corrected chi connectivity index (χ3v) is 5.24. The van der Waals surface area contributed by atoms with Gasteiger partial charge in [-0.25, -0.2) is 17.9 Å². The molecule has 0 saturated heterocycles. The van der Waals surface area contributed by atoms with E-state index in [1.54, 1.807) is 24.3 Å². The van der Waals surface area contributed by atoms with E-state index in [1.165, 1.54) is 48.5 Å². The maximum Gasteiger partial charge on any atom is 0.337 e. The van der Waals surface area contributed by atoms with Crippen molar-refractivity contribution in [3.8, 4) is 5.69 Å². The van der Waals surface area contributed by atoms with Crippen molar-refractivity contribution in [2.24, 2.45) is 0 Å². The van der Waals surface area contributed by atoms with Gasteiger partial charge in [-0.15, -0.1) is 0 Å². The number of nitrogens with one attached hydrogen (secondary N) is 1. The summed E-state index contributed by atoms with van der Waals surface area (Å²) in [4.78, 5) is 11.4. The quantitative estimate of drug-likeness (QED) is 0.675. The highest BCUT2D eigenvalue weighted by atomic mass is 35.5. The largest absolute Gasteiger partial charge is 0.465 e. The monoisotopic (exact) mass is 391 g/mol. The molecule has 0 fully saturated rings. The van der Waals surface area contributed by atoms with E-state index in [9.17, 15) is 13.2 Å². The maximum absolute atomic E-state index is 12.5. The fourth-order valence-corrected chi connectivity index (χ4v) is 3.50. The topological polar surface area (TPSA) is 90.3 Å². The first-order valence-corrected chi connectivity index (χ1v) is 9.27. The Bertz CT molecular complexity index is 1050. The third-order valence-electron chi connectivity index (χ3n) is 3.52. The minimum absolute atomic E-state index is 0.00986. The number of carbonyl (C=O) groups is 1. The van der Waals surface area contributed by atoms with E-state index in [4.69, 9.17) is 11.6 Å². The molecular weight excluding hydrogens is 378 g/mol. The van der Waals surface area contributed by atoms with Gasteiger partial charge in [-0.3, -0.25) is 4.72 Å². The summed E-state index contributed by atoms with van der Waals surface area (Å²) in [5.74, 6) is -0.539. The molecule has 0 amide bonds. The number of halogens is 1. The van der Waals surface area contributed by atoms with E-state index < -0.39 is 16.0 Å². The van der Waals surface area contributed by atoms with Crippen molar-refractivity contribution in [3.63, 3.8) is 0 Å². The summed E-state index contributed by atoms with van der Waals surface area (Å²) in [5.41, 5.74) is 1.17. The van der Waals surface area contributed by atoms with Crippen molar-refractivity contribution in [2.45, 2.75) is 4.90 Å². The number of para-hydroxylation sites is 1. The summed E-state index contributed by atoms with van der Waals surface area (Å²) in [6.45, 7) is 0. The van der Waals surface area contributed by atoms with Crippen molar-refractivity contribution in [2.75, 3.05) is 11.8 Å². The zero-order valence-corrected chi connectivity index (χ0v) is 15.2. The van der Waals surface area contributed by atoms with E-state index in [0.29, 0.717) is 10.7 Å². The SMILES string of the molecule is COC(=O)c1ccc(S(=O)(=O)Nc2cnn(-c3ccccc3Cl)c2)cc1. The van der Waals surface area contributed by atoms with Crippen LogP contribution in [0.2, 0.25) is 5.02 Å². The highest BCUT2D eigenvalue weighted by molar-refractivity contribution is 7.92. The van der Waals surface area contributed by atoms with E-state index in [-0.39, 0.29) is 16.1 Å². The average Bonchev–Trinajstić information content (AvgIpc) is 3.09. The molecule has 0 radical (unpaired) electrons. The molecule has 0 aliphatic rings. The number of aromatic nitrogens is 2. The summed E-state index contributed by atoms with van der Waals surface area (Å²) in [6.07, 6.45) is 2.89. The lowest BCUT2D eigenvalue weighted by molar-refractivity contribution is 0.0600. The Morgan fingerprint density at radius 1 is 1.15 bits per heavy atom. The Balaban J connectivity index is 1.82. The van der Waals surface area contributed by atoms with E-state index in [1.807, 2.05) is 0 Å². The van der Waals surface area contributed by atoms with Gasteiger partial charge in [-0.1, -0.05) is 23.7 Å². The third kappa shape index (κ3) is 3.71. The maximum atomic E-state index is 12.5. The van der Waals surface area contributed by atoms with Crippen molar-refractivity contribution in [1.29, 1.82) is 0 Å². The molecule has 3 rings (SSSR count). The van der Waals surface area contributed by atoms with Crippen LogP contribution in [0.15, 0.2) is 65.8 Å². The summed E-state index contributed by atoms with van der Waals surface area (Å²) < 4.78 is 33.4. The molecular formula is C17H14ClN3O4S. The Labute approximate surface area is 155 Å². The minimum atomic E-state index is -3.83. The Morgan fingerprint density at radius 2 is 1.85 bits per heavy atom.